The zero-order valence-corrected chi connectivity index (χ0v) is 17.3. The molecule has 2 aliphatic rings. The first-order valence-corrected chi connectivity index (χ1v) is 10.2. The molecule has 1 aliphatic heterocycles. The van der Waals surface area contributed by atoms with E-state index in [1.54, 1.807) is 19.1 Å². The Morgan fingerprint density at radius 2 is 1.88 bits per heavy atom. The lowest BCUT2D eigenvalue weighted by molar-refractivity contribution is -0.386. The number of phenolic OH excluding ortho intramolecular Hbond substituents is 1. The first kappa shape index (κ1) is 21.5. The Morgan fingerprint density at radius 1 is 1.16 bits per heavy atom. The maximum absolute atomic E-state index is 13.3. The minimum atomic E-state index is -0.729. The van der Waals surface area contributed by atoms with E-state index in [2.05, 4.69) is 5.32 Å². The predicted octanol–water partition coefficient (Wildman–Crippen LogP) is 3.84. The number of allylic oxidation sites excluding steroid dienone is 2. The number of rotatable bonds is 5. The maximum atomic E-state index is 13.3. The highest BCUT2D eigenvalue weighted by molar-refractivity contribution is 6.02. The Morgan fingerprint density at radius 3 is 2.53 bits per heavy atom. The zero-order chi connectivity index (χ0) is 23.0. The molecule has 4 rings (SSSR count). The van der Waals surface area contributed by atoms with Crippen molar-refractivity contribution in [3.63, 3.8) is 0 Å². The number of nitro benzene ring substituents is 1. The summed E-state index contributed by atoms with van der Waals surface area (Å²) in [5.74, 6) is -2.44. The first-order valence-electron chi connectivity index (χ1n) is 10.2. The van der Waals surface area contributed by atoms with Crippen molar-refractivity contribution < 1.29 is 28.7 Å². The van der Waals surface area contributed by atoms with Gasteiger partial charge < -0.3 is 15.2 Å². The van der Waals surface area contributed by atoms with Crippen molar-refractivity contribution in [1.82, 2.24) is 5.32 Å². The van der Waals surface area contributed by atoms with Crippen LogP contribution in [-0.4, -0.2) is 28.3 Å². The molecule has 2 aromatic rings. The summed E-state index contributed by atoms with van der Waals surface area (Å²) in [5.41, 5.74) is 1.48. The zero-order valence-electron chi connectivity index (χ0n) is 17.3. The van der Waals surface area contributed by atoms with Crippen molar-refractivity contribution in [2.24, 2.45) is 0 Å². The highest BCUT2D eigenvalue weighted by Crippen LogP contribution is 2.46. The SMILES string of the molecule is CCOc1cc([C@H]2CC(=O)NC3=C2C(=O)C[C@H](c2ccc(F)cc2)C3)cc([N+](=O)[O-])c1O. The van der Waals surface area contributed by atoms with Crippen molar-refractivity contribution in [1.29, 1.82) is 0 Å². The van der Waals surface area contributed by atoms with E-state index >= 15 is 0 Å². The third-order valence-corrected chi connectivity index (χ3v) is 5.85. The standard InChI is InChI=1S/C23H21FN2O6/c1-2-32-20-10-14(8-18(23(20)29)26(30)31)16-11-21(28)25-17-7-13(9-19(27)22(16)17)12-3-5-15(24)6-4-12/h3-6,8,10,13,16,29H,2,7,9,11H2,1H3,(H,25,28)/t13-,16-/m1/s1. The van der Waals surface area contributed by atoms with Gasteiger partial charge in [0.2, 0.25) is 11.7 Å². The van der Waals surface area contributed by atoms with Gasteiger partial charge in [-0.2, -0.15) is 0 Å². The molecule has 0 radical (unpaired) electrons. The van der Waals surface area contributed by atoms with E-state index in [0.29, 0.717) is 23.3 Å². The number of ether oxygens (including phenoxy) is 1. The molecule has 1 heterocycles. The number of carbonyl (C=O) groups is 2. The van der Waals surface area contributed by atoms with Crippen molar-refractivity contribution in [2.75, 3.05) is 6.61 Å². The fourth-order valence-electron chi connectivity index (χ4n) is 4.44. The molecule has 166 valence electrons. The maximum Gasteiger partial charge on any atom is 0.314 e. The predicted molar refractivity (Wildman–Crippen MR) is 112 cm³/mol. The third kappa shape index (κ3) is 3.93. The number of phenols is 1. The summed E-state index contributed by atoms with van der Waals surface area (Å²) in [6.45, 7) is 1.85. The van der Waals surface area contributed by atoms with Crippen molar-refractivity contribution in [3.8, 4) is 11.5 Å². The van der Waals surface area contributed by atoms with E-state index in [4.69, 9.17) is 4.74 Å². The lowest BCUT2D eigenvalue weighted by atomic mass is 9.73. The van der Waals surface area contributed by atoms with Gasteiger partial charge in [0, 0.05) is 36.1 Å². The van der Waals surface area contributed by atoms with Gasteiger partial charge in [0.25, 0.3) is 0 Å². The Kier molecular flexibility index (Phi) is 5.65. The lowest BCUT2D eigenvalue weighted by Crippen LogP contribution is -2.38. The van der Waals surface area contributed by atoms with Gasteiger partial charge in [0.05, 0.1) is 11.5 Å². The van der Waals surface area contributed by atoms with Crippen LogP contribution in [0.15, 0.2) is 47.7 Å². The van der Waals surface area contributed by atoms with E-state index in [-0.39, 0.29) is 48.6 Å². The molecule has 1 aliphatic carbocycles. The number of ketones is 1. The molecule has 0 spiro atoms. The topological polar surface area (TPSA) is 119 Å². The fraction of sp³-hybridized carbons (Fsp3) is 0.304. The van der Waals surface area contributed by atoms with E-state index in [0.717, 1.165) is 5.56 Å². The average molecular weight is 440 g/mol. The summed E-state index contributed by atoms with van der Waals surface area (Å²) < 4.78 is 18.6. The molecule has 0 fully saturated rings. The van der Waals surface area contributed by atoms with Gasteiger partial charge in [-0.3, -0.25) is 19.7 Å². The second-order valence-electron chi connectivity index (χ2n) is 7.85. The van der Waals surface area contributed by atoms with Crippen molar-refractivity contribution >= 4 is 17.4 Å². The molecule has 32 heavy (non-hydrogen) atoms. The number of hydrogen-bond donors (Lipinski definition) is 2. The van der Waals surface area contributed by atoms with Crippen LogP contribution in [0.5, 0.6) is 11.5 Å². The number of aromatic hydroxyl groups is 1. The minimum Gasteiger partial charge on any atom is -0.500 e. The second-order valence-corrected chi connectivity index (χ2v) is 7.85. The van der Waals surface area contributed by atoms with Crippen LogP contribution in [0.3, 0.4) is 0 Å². The number of carbonyl (C=O) groups excluding carboxylic acids is 2. The number of hydrogen-bond acceptors (Lipinski definition) is 6. The highest BCUT2D eigenvalue weighted by atomic mass is 19.1. The molecule has 0 unspecified atom stereocenters. The molecule has 2 N–H and O–H groups in total. The molecule has 8 nitrogen and oxygen atoms in total. The summed E-state index contributed by atoms with van der Waals surface area (Å²) in [6.07, 6.45) is 0.502. The fourth-order valence-corrected chi connectivity index (χ4v) is 4.44. The van der Waals surface area contributed by atoms with Gasteiger partial charge in [-0.05, 0) is 48.6 Å². The minimum absolute atomic E-state index is 0.0563. The Hall–Kier alpha value is -3.75. The van der Waals surface area contributed by atoms with Gasteiger partial charge in [0.1, 0.15) is 5.82 Å². The van der Waals surface area contributed by atoms with Crippen LogP contribution in [0.2, 0.25) is 0 Å². The van der Waals surface area contributed by atoms with Crippen LogP contribution in [0.25, 0.3) is 0 Å². The molecular formula is C23H21FN2O6. The average Bonchev–Trinajstić information content (AvgIpc) is 2.74. The number of halogens is 1. The summed E-state index contributed by atoms with van der Waals surface area (Å²) >= 11 is 0. The first-order chi connectivity index (χ1) is 15.3. The largest absolute Gasteiger partial charge is 0.500 e. The van der Waals surface area contributed by atoms with E-state index in [1.165, 1.54) is 24.3 Å². The second kappa shape index (κ2) is 8.41. The van der Waals surface area contributed by atoms with Crippen LogP contribution in [-0.2, 0) is 9.59 Å². The molecule has 2 atom stereocenters. The van der Waals surface area contributed by atoms with Crippen LogP contribution in [0.4, 0.5) is 10.1 Å². The van der Waals surface area contributed by atoms with Crippen LogP contribution in [0.1, 0.15) is 49.1 Å². The summed E-state index contributed by atoms with van der Waals surface area (Å²) in [6, 6.07) is 8.54. The lowest BCUT2D eigenvalue weighted by Gasteiger charge is -2.34. The van der Waals surface area contributed by atoms with E-state index in [9.17, 15) is 29.2 Å². The number of nitrogens with zero attached hydrogens (tertiary/aromatic N) is 1. The Balaban J connectivity index is 1.77. The van der Waals surface area contributed by atoms with E-state index < -0.39 is 22.3 Å². The van der Waals surface area contributed by atoms with Gasteiger partial charge in [0.15, 0.2) is 11.5 Å². The number of Topliss-reactive ketones (excluding diaryl/α,β-unsaturated/α-hetero) is 1. The summed E-state index contributed by atoms with van der Waals surface area (Å²) in [7, 11) is 0. The quantitative estimate of drug-likeness (QED) is 0.539. The molecular weight excluding hydrogens is 419 g/mol. The Labute approximate surface area is 182 Å². The van der Waals surface area contributed by atoms with Crippen LogP contribution < -0.4 is 10.1 Å². The number of benzene rings is 2. The molecule has 0 bridgehead atoms. The van der Waals surface area contributed by atoms with Crippen LogP contribution in [0, 0.1) is 15.9 Å². The van der Waals surface area contributed by atoms with Crippen molar-refractivity contribution in [3.05, 3.63) is 74.7 Å². The number of nitro groups is 1. The number of nitrogens with one attached hydrogen (secondary N) is 1. The monoisotopic (exact) mass is 440 g/mol. The molecule has 0 saturated heterocycles. The molecule has 1 amide bonds. The van der Waals surface area contributed by atoms with Gasteiger partial charge in [-0.25, -0.2) is 4.39 Å². The highest BCUT2D eigenvalue weighted by Gasteiger charge is 2.39. The van der Waals surface area contributed by atoms with Gasteiger partial charge in [-0.15, -0.1) is 0 Å². The molecule has 9 heteroatoms. The molecule has 0 saturated carbocycles. The van der Waals surface area contributed by atoms with Crippen LogP contribution >= 0.6 is 0 Å². The van der Waals surface area contributed by atoms with E-state index in [1.807, 2.05) is 0 Å². The van der Waals surface area contributed by atoms with Crippen molar-refractivity contribution in [2.45, 2.75) is 38.0 Å². The van der Waals surface area contributed by atoms with Gasteiger partial charge >= 0.3 is 5.69 Å². The third-order valence-electron chi connectivity index (χ3n) is 5.85. The number of amides is 1. The Bertz CT molecular complexity index is 1140. The smallest absolute Gasteiger partial charge is 0.314 e. The summed E-state index contributed by atoms with van der Waals surface area (Å²) in [4.78, 5) is 36.4. The molecule has 2 aromatic carbocycles. The summed E-state index contributed by atoms with van der Waals surface area (Å²) in [5, 5.41) is 24.4. The molecule has 0 aromatic heterocycles. The normalized spacial score (nSPS) is 20.6. The van der Waals surface area contributed by atoms with Gasteiger partial charge in [-0.1, -0.05) is 12.1 Å².